The van der Waals surface area contributed by atoms with Crippen molar-refractivity contribution >= 4 is 61.9 Å². The Hall–Kier alpha value is -2.15. The van der Waals surface area contributed by atoms with Gasteiger partial charge in [-0.2, -0.15) is 0 Å². The van der Waals surface area contributed by atoms with Crippen LogP contribution in [0.3, 0.4) is 0 Å². The van der Waals surface area contributed by atoms with E-state index in [1.54, 1.807) is 30.3 Å². The summed E-state index contributed by atoms with van der Waals surface area (Å²) in [6.07, 6.45) is 0. The molecule has 2 aromatic carbocycles. The lowest BCUT2D eigenvalue weighted by molar-refractivity contribution is -0.384. The first-order chi connectivity index (χ1) is 11.0. The van der Waals surface area contributed by atoms with Gasteiger partial charge in [-0.25, -0.2) is 0 Å². The zero-order valence-corrected chi connectivity index (χ0v) is 13.7. The molecule has 0 unspecified atom stereocenters. The number of nitro benzene ring substituents is 1. The first kappa shape index (κ1) is 15.7. The zero-order valence-electron chi connectivity index (χ0n) is 11.4. The van der Waals surface area contributed by atoms with Gasteiger partial charge in [0.2, 0.25) is 0 Å². The lowest BCUT2D eigenvalue weighted by Gasteiger charge is -2.04. The van der Waals surface area contributed by atoms with Crippen LogP contribution in [0.1, 0.15) is 9.67 Å². The van der Waals surface area contributed by atoms with Crippen molar-refractivity contribution < 1.29 is 9.72 Å². The number of carbonyl (C=O) groups is 1. The number of nitrogens with zero attached hydrogens (tertiary/aromatic N) is 1. The summed E-state index contributed by atoms with van der Waals surface area (Å²) in [5, 5.41) is 14.9. The fourth-order valence-electron chi connectivity index (χ4n) is 2.07. The van der Waals surface area contributed by atoms with E-state index in [4.69, 9.17) is 23.2 Å². The predicted octanol–water partition coefficient (Wildman–Crippen LogP) is 5.37. The summed E-state index contributed by atoms with van der Waals surface area (Å²) in [7, 11) is 0. The number of thiophene rings is 1. The third kappa shape index (κ3) is 3.14. The van der Waals surface area contributed by atoms with Gasteiger partial charge in [0.15, 0.2) is 0 Å². The Balaban J connectivity index is 1.97. The van der Waals surface area contributed by atoms with Crippen LogP contribution in [0.25, 0.3) is 10.1 Å². The number of benzene rings is 2. The summed E-state index contributed by atoms with van der Waals surface area (Å²) >= 11 is 13.2. The number of non-ortho nitro benzene ring substituents is 1. The van der Waals surface area contributed by atoms with Crippen LogP contribution in [0.2, 0.25) is 10.0 Å². The van der Waals surface area contributed by atoms with Gasteiger partial charge in [-0.15, -0.1) is 11.3 Å². The van der Waals surface area contributed by atoms with Crippen molar-refractivity contribution in [3.05, 3.63) is 67.5 Å². The third-order valence-electron chi connectivity index (χ3n) is 3.11. The standard InChI is InChI=1S/C15H8Cl2N2O3S/c16-8-2-1-3-9(6-8)18-15(20)14-13(17)11-5-4-10(19(21)22)7-12(11)23-14/h1-7H,(H,18,20). The Bertz CT molecular complexity index is 940. The van der Waals surface area contributed by atoms with Gasteiger partial charge < -0.3 is 5.32 Å². The Kier molecular flexibility index (Phi) is 4.21. The molecule has 5 nitrogen and oxygen atoms in total. The van der Waals surface area contributed by atoms with Crippen molar-refractivity contribution in [2.75, 3.05) is 5.32 Å². The second-order valence-corrected chi connectivity index (χ2v) is 6.51. The molecular weight excluding hydrogens is 359 g/mol. The van der Waals surface area contributed by atoms with Crippen LogP contribution < -0.4 is 5.32 Å². The largest absolute Gasteiger partial charge is 0.321 e. The van der Waals surface area contributed by atoms with Crippen LogP contribution in [0.5, 0.6) is 0 Å². The third-order valence-corrected chi connectivity index (χ3v) is 5.00. The molecule has 0 fully saturated rings. The van der Waals surface area contributed by atoms with Crippen molar-refractivity contribution in [3.8, 4) is 0 Å². The van der Waals surface area contributed by atoms with E-state index in [1.165, 1.54) is 12.1 Å². The lowest BCUT2D eigenvalue weighted by Crippen LogP contribution is -2.10. The monoisotopic (exact) mass is 366 g/mol. The highest BCUT2D eigenvalue weighted by Gasteiger charge is 2.19. The number of carbonyl (C=O) groups excluding carboxylic acids is 1. The maximum absolute atomic E-state index is 12.4. The average molecular weight is 367 g/mol. The van der Waals surface area contributed by atoms with Gasteiger partial charge in [0.1, 0.15) is 4.88 Å². The summed E-state index contributed by atoms with van der Waals surface area (Å²) in [5.74, 6) is -0.388. The first-order valence-corrected chi connectivity index (χ1v) is 7.96. The van der Waals surface area contributed by atoms with E-state index in [-0.39, 0.29) is 16.6 Å². The number of nitrogens with one attached hydrogen (secondary N) is 1. The van der Waals surface area contributed by atoms with Gasteiger partial charge >= 0.3 is 0 Å². The normalized spacial score (nSPS) is 10.7. The number of nitro groups is 1. The van der Waals surface area contributed by atoms with Gasteiger partial charge in [0.25, 0.3) is 11.6 Å². The van der Waals surface area contributed by atoms with Crippen molar-refractivity contribution in [2.45, 2.75) is 0 Å². The molecule has 0 radical (unpaired) electrons. The fraction of sp³-hybridized carbons (Fsp3) is 0. The number of hydrogen-bond donors (Lipinski definition) is 1. The minimum atomic E-state index is -0.487. The minimum Gasteiger partial charge on any atom is -0.321 e. The molecule has 1 aromatic heterocycles. The Morgan fingerprint density at radius 3 is 2.65 bits per heavy atom. The SMILES string of the molecule is O=C(Nc1cccc(Cl)c1)c1sc2cc([N+](=O)[O-])ccc2c1Cl. The molecule has 1 heterocycles. The zero-order chi connectivity index (χ0) is 16.6. The van der Waals surface area contributed by atoms with E-state index >= 15 is 0 Å². The van der Waals surface area contributed by atoms with Gasteiger partial charge in [0.05, 0.1) is 9.95 Å². The van der Waals surface area contributed by atoms with Gasteiger partial charge in [-0.05, 0) is 24.3 Å². The smallest absolute Gasteiger partial charge is 0.270 e. The molecule has 0 saturated heterocycles. The number of anilines is 1. The van der Waals surface area contributed by atoms with Crippen LogP contribution in [0.4, 0.5) is 11.4 Å². The highest BCUT2D eigenvalue weighted by Crippen LogP contribution is 2.37. The summed E-state index contributed by atoms with van der Waals surface area (Å²) in [6, 6.07) is 11.0. The number of rotatable bonds is 3. The Morgan fingerprint density at radius 2 is 1.96 bits per heavy atom. The molecule has 0 saturated carbocycles. The van der Waals surface area contributed by atoms with Crippen LogP contribution in [0.15, 0.2) is 42.5 Å². The van der Waals surface area contributed by atoms with Gasteiger partial charge in [-0.3, -0.25) is 14.9 Å². The Labute approximate surface area is 144 Å². The lowest BCUT2D eigenvalue weighted by atomic mass is 10.2. The van der Waals surface area contributed by atoms with Crippen LogP contribution in [-0.2, 0) is 0 Å². The fourth-order valence-corrected chi connectivity index (χ4v) is 3.70. The van der Waals surface area contributed by atoms with E-state index < -0.39 is 4.92 Å². The molecule has 0 aliphatic rings. The molecule has 1 N–H and O–H groups in total. The first-order valence-electron chi connectivity index (χ1n) is 6.39. The maximum atomic E-state index is 12.4. The van der Waals surface area contributed by atoms with E-state index in [0.717, 1.165) is 11.3 Å². The van der Waals surface area contributed by atoms with Crippen molar-refractivity contribution in [1.29, 1.82) is 0 Å². The maximum Gasteiger partial charge on any atom is 0.270 e. The van der Waals surface area contributed by atoms with E-state index in [2.05, 4.69) is 5.32 Å². The van der Waals surface area contributed by atoms with Crippen molar-refractivity contribution in [3.63, 3.8) is 0 Å². The molecule has 3 rings (SSSR count). The van der Waals surface area contributed by atoms with E-state index in [1.807, 2.05) is 0 Å². The van der Waals surface area contributed by atoms with Crippen LogP contribution in [0, 0.1) is 10.1 Å². The second kappa shape index (κ2) is 6.16. The molecule has 8 heteroatoms. The molecular formula is C15H8Cl2N2O3S. The molecule has 0 bridgehead atoms. The van der Waals surface area contributed by atoms with E-state index in [0.29, 0.717) is 25.7 Å². The summed E-state index contributed by atoms with van der Waals surface area (Å²) in [5.41, 5.74) is 0.499. The molecule has 116 valence electrons. The van der Waals surface area contributed by atoms with Crippen LogP contribution >= 0.6 is 34.5 Å². The predicted molar refractivity (Wildman–Crippen MR) is 92.9 cm³/mol. The number of hydrogen-bond acceptors (Lipinski definition) is 4. The molecule has 0 atom stereocenters. The van der Waals surface area contributed by atoms with Gasteiger partial charge in [0, 0.05) is 32.9 Å². The number of fused-ring (bicyclic) bond motifs is 1. The summed E-state index contributed by atoms with van der Waals surface area (Å²) in [4.78, 5) is 23.0. The molecule has 0 aliphatic carbocycles. The average Bonchev–Trinajstić information content (AvgIpc) is 2.84. The van der Waals surface area contributed by atoms with Gasteiger partial charge in [-0.1, -0.05) is 29.3 Å². The van der Waals surface area contributed by atoms with Crippen LogP contribution in [-0.4, -0.2) is 10.8 Å². The minimum absolute atomic E-state index is 0.0442. The topological polar surface area (TPSA) is 72.2 Å². The van der Waals surface area contributed by atoms with E-state index in [9.17, 15) is 14.9 Å². The van der Waals surface area contributed by atoms with Crippen molar-refractivity contribution in [2.24, 2.45) is 0 Å². The molecule has 0 spiro atoms. The Morgan fingerprint density at radius 1 is 1.17 bits per heavy atom. The highest BCUT2D eigenvalue weighted by atomic mass is 35.5. The number of halogens is 2. The molecule has 3 aromatic rings. The molecule has 0 aliphatic heterocycles. The summed E-state index contributed by atoms with van der Waals surface area (Å²) < 4.78 is 0.584. The summed E-state index contributed by atoms with van der Waals surface area (Å²) in [6.45, 7) is 0. The molecule has 1 amide bonds. The molecule has 23 heavy (non-hydrogen) atoms. The number of amides is 1. The van der Waals surface area contributed by atoms with Crippen molar-refractivity contribution in [1.82, 2.24) is 0 Å². The quantitative estimate of drug-likeness (QED) is 0.500. The second-order valence-electron chi connectivity index (χ2n) is 4.65. The highest BCUT2D eigenvalue weighted by molar-refractivity contribution is 7.21.